The third-order valence-electron chi connectivity index (χ3n) is 3.72. The Hall–Kier alpha value is -2.67. The quantitative estimate of drug-likeness (QED) is 0.696. The predicted molar refractivity (Wildman–Crippen MR) is 99.1 cm³/mol. The van der Waals surface area contributed by atoms with E-state index in [4.69, 9.17) is 4.74 Å². The zero-order chi connectivity index (χ0) is 17.8. The van der Waals surface area contributed by atoms with Gasteiger partial charge in [0.25, 0.3) is 0 Å². The normalized spacial score (nSPS) is 11.8. The molecule has 25 heavy (non-hydrogen) atoms. The van der Waals surface area contributed by atoms with Crippen LogP contribution in [0.4, 0.5) is 10.6 Å². The molecule has 0 aliphatic heterocycles. The van der Waals surface area contributed by atoms with Gasteiger partial charge in [0.05, 0.1) is 17.5 Å². The van der Waals surface area contributed by atoms with Crippen molar-refractivity contribution in [1.82, 2.24) is 14.8 Å². The number of carbonyl (C=O) groups excluding carboxylic acids is 1. The van der Waals surface area contributed by atoms with Crippen molar-refractivity contribution in [3.05, 3.63) is 64.9 Å². The Kier molecular flexibility index (Phi) is 5.14. The van der Waals surface area contributed by atoms with Gasteiger partial charge in [-0.25, -0.2) is 4.79 Å². The van der Waals surface area contributed by atoms with Crippen LogP contribution >= 0.6 is 15.9 Å². The van der Waals surface area contributed by atoms with Crippen LogP contribution in [-0.2, 0) is 11.8 Å². The van der Waals surface area contributed by atoms with Crippen molar-refractivity contribution in [2.45, 2.75) is 13.0 Å². The highest BCUT2D eigenvalue weighted by molar-refractivity contribution is 9.10. The van der Waals surface area contributed by atoms with Crippen LogP contribution < -0.4 is 5.32 Å². The van der Waals surface area contributed by atoms with E-state index in [0.29, 0.717) is 11.5 Å². The molecule has 0 aliphatic rings. The number of nitrogens with zero attached hydrogens (tertiary/aromatic N) is 3. The molecule has 2 heterocycles. The molecule has 0 aliphatic carbocycles. The summed E-state index contributed by atoms with van der Waals surface area (Å²) in [6.07, 6.45) is 2.45. The minimum atomic E-state index is -0.543. The van der Waals surface area contributed by atoms with E-state index in [-0.39, 0.29) is 6.10 Å². The van der Waals surface area contributed by atoms with Gasteiger partial charge >= 0.3 is 6.09 Å². The largest absolute Gasteiger partial charge is 0.441 e. The molecule has 1 aromatic carbocycles. The second-order valence-electron chi connectivity index (χ2n) is 5.48. The highest BCUT2D eigenvalue weighted by Gasteiger charge is 2.17. The number of hydrogen-bond acceptors (Lipinski definition) is 4. The number of aryl methyl sites for hydroxylation is 1. The lowest BCUT2D eigenvalue weighted by molar-refractivity contribution is 0.121. The van der Waals surface area contributed by atoms with Gasteiger partial charge in [-0.05, 0) is 40.5 Å². The third kappa shape index (κ3) is 4.06. The number of halogens is 1. The first-order valence-corrected chi connectivity index (χ1v) is 8.50. The Labute approximate surface area is 154 Å². The van der Waals surface area contributed by atoms with Crippen molar-refractivity contribution in [1.29, 1.82) is 0 Å². The average molecular weight is 401 g/mol. The van der Waals surface area contributed by atoms with Crippen LogP contribution in [0, 0.1) is 0 Å². The summed E-state index contributed by atoms with van der Waals surface area (Å²) in [5.41, 5.74) is 2.36. The Balaban J connectivity index is 1.75. The Morgan fingerprint density at radius 3 is 2.64 bits per heavy atom. The molecule has 128 valence electrons. The first kappa shape index (κ1) is 17.2. The first-order chi connectivity index (χ1) is 12.0. The summed E-state index contributed by atoms with van der Waals surface area (Å²) >= 11 is 3.36. The summed E-state index contributed by atoms with van der Waals surface area (Å²) in [6.45, 7) is 1.83. The Morgan fingerprint density at radius 1 is 1.20 bits per heavy atom. The van der Waals surface area contributed by atoms with Gasteiger partial charge in [0.1, 0.15) is 11.9 Å². The van der Waals surface area contributed by atoms with Crippen LogP contribution in [0.3, 0.4) is 0 Å². The predicted octanol–water partition coefficient (Wildman–Crippen LogP) is 4.55. The van der Waals surface area contributed by atoms with Crippen LogP contribution in [0.2, 0.25) is 0 Å². The molecular formula is C18H17BrN4O2. The lowest BCUT2D eigenvalue weighted by Gasteiger charge is -2.15. The Morgan fingerprint density at radius 2 is 1.96 bits per heavy atom. The molecule has 0 bridgehead atoms. The second-order valence-corrected chi connectivity index (χ2v) is 6.39. The molecule has 0 spiro atoms. The number of rotatable bonds is 4. The lowest BCUT2D eigenvalue weighted by Crippen LogP contribution is -2.18. The number of carbonyl (C=O) groups is 1. The van der Waals surface area contributed by atoms with Crippen molar-refractivity contribution < 1.29 is 9.53 Å². The monoisotopic (exact) mass is 400 g/mol. The molecule has 7 heteroatoms. The maximum Gasteiger partial charge on any atom is 0.413 e. The van der Waals surface area contributed by atoms with Crippen LogP contribution in [0.5, 0.6) is 0 Å². The topological polar surface area (TPSA) is 69.0 Å². The van der Waals surface area contributed by atoms with Gasteiger partial charge < -0.3 is 4.74 Å². The molecule has 0 radical (unpaired) electrons. The zero-order valence-electron chi connectivity index (χ0n) is 13.8. The summed E-state index contributed by atoms with van der Waals surface area (Å²) in [6, 6.07) is 13.3. The number of nitrogens with one attached hydrogen (secondary N) is 1. The fourth-order valence-corrected chi connectivity index (χ4v) is 2.62. The van der Waals surface area contributed by atoms with Crippen LogP contribution in [0.1, 0.15) is 18.6 Å². The molecule has 1 atom stereocenters. The molecule has 0 fully saturated rings. The van der Waals surface area contributed by atoms with Crippen molar-refractivity contribution in [2.24, 2.45) is 7.05 Å². The van der Waals surface area contributed by atoms with E-state index in [9.17, 15) is 4.79 Å². The fourth-order valence-electron chi connectivity index (χ4n) is 2.39. The SMILES string of the molecule is CC(OC(=O)Nc1c(-c2ccc(Br)cn2)cnn1C)c1ccccc1. The molecule has 0 saturated carbocycles. The molecule has 2 aromatic heterocycles. The second kappa shape index (κ2) is 7.48. The van der Waals surface area contributed by atoms with Gasteiger partial charge in [-0.2, -0.15) is 5.10 Å². The minimum absolute atomic E-state index is 0.358. The van der Waals surface area contributed by atoms with Crippen molar-refractivity contribution in [3.63, 3.8) is 0 Å². The number of anilines is 1. The number of hydrogen-bond donors (Lipinski definition) is 1. The summed E-state index contributed by atoms with van der Waals surface area (Å²) in [5, 5.41) is 6.96. The standard InChI is InChI=1S/C18H17BrN4O2/c1-12(13-6-4-3-5-7-13)25-18(24)22-17-15(11-21-23(17)2)16-9-8-14(19)10-20-16/h3-12H,1-2H3,(H,22,24). The molecule has 1 amide bonds. The average Bonchev–Trinajstić information content (AvgIpc) is 2.97. The number of aromatic nitrogens is 3. The molecule has 6 nitrogen and oxygen atoms in total. The van der Waals surface area contributed by atoms with E-state index < -0.39 is 6.09 Å². The minimum Gasteiger partial charge on any atom is -0.441 e. The number of ether oxygens (including phenoxy) is 1. The summed E-state index contributed by atoms with van der Waals surface area (Å²) in [4.78, 5) is 16.6. The molecule has 1 unspecified atom stereocenters. The number of pyridine rings is 1. The highest BCUT2D eigenvalue weighted by atomic mass is 79.9. The lowest BCUT2D eigenvalue weighted by atomic mass is 10.1. The van der Waals surface area contributed by atoms with Gasteiger partial charge in [-0.1, -0.05) is 30.3 Å². The van der Waals surface area contributed by atoms with Crippen LogP contribution in [-0.4, -0.2) is 20.9 Å². The van der Waals surface area contributed by atoms with Gasteiger partial charge in [0.2, 0.25) is 0 Å². The maximum absolute atomic E-state index is 12.3. The van der Waals surface area contributed by atoms with E-state index in [1.165, 1.54) is 0 Å². The maximum atomic E-state index is 12.3. The van der Waals surface area contributed by atoms with E-state index >= 15 is 0 Å². The van der Waals surface area contributed by atoms with Gasteiger partial charge in [0, 0.05) is 17.7 Å². The zero-order valence-corrected chi connectivity index (χ0v) is 15.4. The van der Waals surface area contributed by atoms with E-state index in [1.54, 1.807) is 24.1 Å². The first-order valence-electron chi connectivity index (χ1n) is 7.71. The van der Waals surface area contributed by atoms with Crippen molar-refractivity contribution in [2.75, 3.05) is 5.32 Å². The van der Waals surface area contributed by atoms with Crippen LogP contribution in [0.25, 0.3) is 11.3 Å². The van der Waals surface area contributed by atoms with Gasteiger partial charge in [-0.3, -0.25) is 15.0 Å². The molecule has 3 aromatic rings. The molecule has 3 rings (SSSR count). The summed E-state index contributed by atoms with van der Waals surface area (Å²) in [7, 11) is 1.75. The summed E-state index contributed by atoms with van der Waals surface area (Å²) in [5.74, 6) is 0.528. The Bertz CT molecular complexity index is 863. The summed E-state index contributed by atoms with van der Waals surface area (Å²) < 4.78 is 7.91. The van der Waals surface area contributed by atoms with E-state index in [1.807, 2.05) is 49.4 Å². The van der Waals surface area contributed by atoms with Gasteiger partial charge in [0.15, 0.2) is 0 Å². The number of benzene rings is 1. The highest BCUT2D eigenvalue weighted by Crippen LogP contribution is 2.27. The van der Waals surface area contributed by atoms with Gasteiger partial charge in [-0.15, -0.1) is 0 Å². The molecular weight excluding hydrogens is 384 g/mol. The van der Waals surface area contributed by atoms with Crippen molar-refractivity contribution >= 4 is 27.8 Å². The third-order valence-corrected chi connectivity index (χ3v) is 4.18. The van der Waals surface area contributed by atoms with E-state index in [0.717, 1.165) is 15.6 Å². The smallest absolute Gasteiger partial charge is 0.413 e. The fraction of sp³-hybridized carbons (Fsp3) is 0.167. The van der Waals surface area contributed by atoms with Crippen molar-refractivity contribution in [3.8, 4) is 11.3 Å². The number of amides is 1. The molecule has 0 saturated heterocycles. The van der Waals surface area contributed by atoms with Crippen LogP contribution in [0.15, 0.2) is 59.3 Å². The molecule has 1 N–H and O–H groups in total. The van der Waals surface area contributed by atoms with E-state index in [2.05, 4.69) is 31.3 Å².